The summed E-state index contributed by atoms with van der Waals surface area (Å²) < 4.78 is 53.9. The fraction of sp³-hybridized carbons (Fsp3) is 0.238. The van der Waals surface area contributed by atoms with Crippen LogP contribution in [0.25, 0.3) is 16.9 Å². The van der Waals surface area contributed by atoms with Gasteiger partial charge in [-0.15, -0.1) is 0 Å². The molecule has 1 N–H and O–H groups in total. The van der Waals surface area contributed by atoms with Crippen molar-refractivity contribution in [3.8, 4) is 17.0 Å². The number of amides is 1. The van der Waals surface area contributed by atoms with Gasteiger partial charge in [0.05, 0.1) is 30.9 Å². The first-order valence-corrected chi connectivity index (χ1v) is 10.3. The maximum absolute atomic E-state index is 13.9. The smallest absolute Gasteiger partial charge is 0.433 e. The number of carbonyl (C=O) groups is 1. The van der Waals surface area contributed by atoms with Gasteiger partial charge in [0.2, 0.25) is 0 Å². The van der Waals surface area contributed by atoms with Gasteiger partial charge in [-0.25, -0.2) is 14.2 Å². The van der Waals surface area contributed by atoms with Gasteiger partial charge in [-0.05, 0) is 25.1 Å². The van der Waals surface area contributed by atoms with E-state index in [1.165, 1.54) is 30.3 Å². The molecule has 1 aromatic carbocycles. The average molecular weight is 495 g/mol. The molecule has 0 aliphatic heterocycles. The zero-order chi connectivity index (χ0) is 24.5. The minimum Gasteiger partial charge on any atom is -0.497 e. The number of halogens is 4. The van der Waals surface area contributed by atoms with E-state index < -0.39 is 23.5 Å². The molecular weight excluding hydrogens is 477 g/mol. The van der Waals surface area contributed by atoms with E-state index in [0.29, 0.717) is 28.1 Å². The van der Waals surface area contributed by atoms with Crippen molar-refractivity contribution in [1.29, 1.82) is 0 Å². The van der Waals surface area contributed by atoms with E-state index in [-0.39, 0.29) is 23.1 Å². The van der Waals surface area contributed by atoms with Crippen molar-refractivity contribution >= 4 is 28.8 Å². The summed E-state index contributed by atoms with van der Waals surface area (Å²) in [5.74, 6) is -0.375. The van der Waals surface area contributed by atoms with E-state index >= 15 is 0 Å². The lowest BCUT2D eigenvalue weighted by Gasteiger charge is -2.11. The second-order valence-electron chi connectivity index (χ2n) is 7.00. The van der Waals surface area contributed by atoms with Crippen molar-refractivity contribution in [1.82, 2.24) is 24.4 Å². The largest absolute Gasteiger partial charge is 0.497 e. The number of fused-ring (bicyclic) bond motifs is 1. The highest BCUT2D eigenvalue weighted by Crippen LogP contribution is 2.35. The Kier molecular flexibility index (Phi) is 6.44. The molecule has 0 aliphatic carbocycles. The van der Waals surface area contributed by atoms with Crippen molar-refractivity contribution in [3.05, 3.63) is 59.1 Å². The van der Waals surface area contributed by atoms with Gasteiger partial charge in [-0.3, -0.25) is 4.79 Å². The zero-order valence-electron chi connectivity index (χ0n) is 17.9. The van der Waals surface area contributed by atoms with Gasteiger partial charge >= 0.3 is 6.18 Å². The van der Waals surface area contributed by atoms with E-state index in [2.05, 4.69) is 20.5 Å². The maximum Gasteiger partial charge on any atom is 0.433 e. The summed E-state index contributed by atoms with van der Waals surface area (Å²) in [5, 5.41) is 10.0. The lowest BCUT2D eigenvalue weighted by molar-refractivity contribution is -0.142. The summed E-state index contributed by atoms with van der Waals surface area (Å²) in [6.07, 6.45) is -1.93. The summed E-state index contributed by atoms with van der Waals surface area (Å²) in [6, 6.07) is 7.23. The Hall–Kier alpha value is -3.64. The molecule has 3 heterocycles. The first-order chi connectivity index (χ1) is 16.2. The second kappa shape index (κ2) is 9.31. The van der Waals surface area contributed by atoms with Crippen LogP contribution in [-0.2, 0) is 17.6 Å². The summed E-state index contributed by atoms with van der Waals surface area (Å²) in [5.41, 5.74) is -1.21. The van der Waals surface area contributed by atoms with Crippen LogP contribution in [0.1, 0.15) is 23.1 Å². The van der Waals surface area contributed by atoms with E-state index in [9.17, 15) is 18.0 Å². The third-order valence-corrected chi connectivity index (χ3v) is 5.07. The molecule has 3 aromatic heterocycles. The predicted octanol–water partition coefficient (Wildman–Crippen LogP) is 4.52. The Labute approximate surface area is 196 Å². The molecule has 0 saturated carbocycles. The van der Waals surface area contributed by atoms with Crippen LogP contribution in [0.3, 0.4) is 0 Å². The van der Waals surface area contributed by atoms with Gasteiger partial charge in [0, 0.05) is 12.2 Å². The number of carbonyl (C=O) groups excluding carboxylic acids is 1. The highest BCUT2D eigenvalue weighted by Gasteiger charge is 2.36. The Morgan fingerprint density at radius 2 is 2.06 bits per heavy atom. The molecule has 0 bridgehead atoms. The van der Waals surface area contributed by atoms with E-state index in [1.54, 1.807) is 18.2 Å². The number of aromatic nitrogens is 5. The Balaban J connectivity index is 1.75. The first-order valence-electron chi connectivity index (χ1n) is 9.93. The molecule has 4 aromatic rings. The summed E-state index contributed by atoms with van der Waals surface area (Å²) >= 11 is 6.29. The van der Waals surface area contributed by atoms with Crippen LogP contribution in [0.4, 0.5) is 18.9 Å². The van der Waals surface area contributed by atoms with Gasteiger partial charge in [0.1, 0.15) is 17.5 Å². The van der Waals surface area contributed by atoms with Gasteiger partial charge in [0.15, 0.2) is 17.0 Å². The van der Waals surface area contributed by atoms with Gasteiger partial charge < -0.3 is 14.8 Å². The van der Waals surface area contributed by atoms with Gasteiger partial charge in [-0.2, -0.15) is 23.4 Å². The summed E-state index contributed by atoms with van der Waals surface area (Å²) in [7, 11) is 1.44. The van der Waals surface area contributed by atoms with Crippen LogP contribution in [0.5, 0.6) is 5.75 Å². The van der Waals surface area contributed by atoms with Crippen LogP contribution in [0, 0.1) is 0 Å². The molecule has 4 rings (SSSR count). The van der Waals surface area contributed by atoms with Crippen molar-refractivity contribution in [2.24, 2.45) is 0 Å². The number of benzene rings is 1. The SMILES string of the molecule is CCOCn1cc(NC(=O)c2nn3c(C(F)(F)F)cc(-c4cccc(OC)c4)nc3c2Cl)cn1. The fourth-order valence-corrected chi connectivity index (χ4v) is 3.39. The molecule has 13 heteroatoms. The van der Waals surface area contributed by atoms with Gasteiger partial charge in [0.25, 0.3) is 5.91 Å². The lowest BCUT2D eigenvalue weighted by Crippen LogP contribution is -2.15. The number of alkyl halides is 3. The molecule has 0 fully saturated rings. The number of anilines is 1. The van der Waals surface area contributed by atoms with Crippen molar-refractivity contribution in [3.63, 3.8) is 0 Å². The maximum atomic E-state index is 13.9. The molecule has 1 amide bonds. The van der Waals surface area contributed by atoms with Crippen molar-refractivity contribution in [2.75, 3.05) is 19.0 Å². The summed E-state index contributed by atoms with van der Waals surface area (Å²) in [4.78, 5) is 17.0. The number of nitrogens with one attached hydrogen (secondary N) is 1. The lowest BCUT2D eigenvalue weighted by atomic mass is 10.1. The van der Waals surface area contributed by atoms with Crippen LogP contribution >= 0.6 is 11.6 Å². The molecule has 0 unspecified atom stereocenters. The minimum absolute atomic E-state index is 0.00955. The molecule has 178 valence electrons. The van der Waals surface area contributed by atoms with Crippen molar-refractivity contribution < 1.29 is 27.4 Å². The highest BCUT2D eigenvalue weighted by molar-refractivity contribution is 6.37. The molecular formula is C21H18ClF3N6O3. The Morgan fingerprint density at radius 1 is 1.26 bits per heavy atom. The normalized spacial score (nSPS) is 11.7. The monoisotopic (exact) mass is 494 g/mol. The quantitative estimate of drug-likeness (QED) is 0.406. The van der Waals surface area contributed by atoms with Crippen LogP contribution in [-0.4, -0.2) is 44.0 Å². The van der Waals surface area contributed by atoms with Crippen LogP contribution < -0.4 is 10.1 Å². The number of rotatable bonds is 7. The number of hydrogen-bond acceptors (Lipinski definition) is 6. The standard InChI is InChI=1S/C21H18ClF3N6O3/c1-3-34-11-30-10-13(9-26-30)27-20(32)18-17(22)19-28-15(12-5-4-6-14(7-12)33-2)8-16(21(23,24)25)31(19)29-18/h4-10H,3,11H2,1-2H3,(H,27,32). The average Bonchev–Trinajstić information content (AvgIpc) is 3.40. The number of ether oxygens (including phenoxy) is 2. The Bertz CT molecular complexity index is 1350. The van der Waals surface area contributed by atoms with Gasteiger partial charge in [-0.1, -0.05) is 23.7 Å². The zero-order valence-corrected chi connectivity index (χ0v) is 18.7. The molecule has 0 radical (unpaired) electrons. The first kappa shape index (κ1) is 23.5. The van der Waals surface area contributed by atoms with Crippen LogP contribution in [0.2, 0.25) is 5.02 Å². The third kappa shape index (κ3) is 4.68. The predicted molar refractivity (Wildman–Crippen MR) is 117 cm³/mol. The molecule has 0 atom stereocenters. The van der Waals surface area contributed by atoms with Crippen LogP contribution in [0.15, 0.2) is 42.7 Å². The third-order valence-electron chi connectivity index (χ3n) is 4.72. The van der Waals surface area contributed by atoms with E-state index in [4.69, 9.17) is 21.1 Å². The summed E-state index contributed by atoms with van der Waals surface area (Å²) in [6.45, 7) is 2.47. The van der Waals surface area contributed by atoms with E-state index in [0.717, 1.165) is 6.07 Å². The fourth-order valence-electron chi connectivity index (χ4n) is 3.14. The Morgan fingerprint density at radius 3 is 2.76 bits per heavy atom. The number of methoxy groups -OCH3 is 1. The van der Waals surface area contributed by atoms with E-state index in [1.807, 2.05) is 6.92 Å². The number of nitrogens with zero attached hydrogens (tertiary/aromatic N) is 5. The number of hydrogen-bond donors (Lipinski definition) is 1. The molecule has 0 aliphatic rings. The molecule has 0 spiro atoms. The molecule has 9 nitrogen and oxygen atoms in total. The topological polar surface area (TPSA) is 95.6 Å². The molecule has 0 saturated heterocycles. The molecule has 34 heavy (non-hydrogen) atoms. The second-order valence-corrected chi connectivity index (χ2v) is 7.38. The van der Waals surface area contributed by atoms with Crippen molar-refractivity contribution in [2.45, 2.75) is 19.8 Å². The minimum atomic E-state index is -4.79. The highest BCUT2D eigenvalue weighted by atomic mass is 35.5.